The van der Waals surface area contributed by atoms with Crippen LogP contribution in [0.1, 0.15) is 23.7 Å². The van der Waals surface area contributed by atoms with Gasteiger partial charge in [0.2, 0.25) is 0 Å². The first-order valence-corrected chi connectivity index (χ1v) is 5.70. The molecule has 3 heteroatoms. The number of ketones is 1. The lowest BCUT2D eigenvalue weighted by molar-refractivity contribution is 0.0988. The van der Waals surface area contributed by atoms with Crippen molar-refractivity contribution < 1.29 is 13.6 Å². The number of carbonyl (C=O) groups excluding carboxylic acids is 1. The molecule has 0 bridgehead atoms. The van der Waals surface area contributed by atoms with Crippen LogP contribution in [0.5, 0.6) is 0 Å². The summed E-state index contributed by atoms with van der Waals surface area (Å²) < 4.78 is 26.3. The summed E-state index contributed by atoms with van der Waals surface area (Å²) in [4.78, 5) is 11.6. The molecule has 0 fully saturated rings. The van der Waals surface area contributed by atoms with Crippen molar-refractivity contribution in [3.8, 4) is 11.1 Å². The molecule has 0 unspecified atom stereocenters. The third-order valence-corrected chi connectivity index (χ3v) is 2.72. The zero-order valence-corrected chi connectivity index (χ0v) is 9.91. The Morgan fingerprint density at radius 3 is 2.22 bits per heavy atom. The fourth-order valence-electron chi connectivity index (χ4n) is 1.76. The van der Waals surface area contributed by atoms with Gasteiger partial charge in [-0.25, -0.2) is 8.78 Å². The highest BCUT2D eigenvalue weighted by atomic mass is 19.1. The number of hydrogen-bond acceptors (Lipinski definition) is 1. The first kappa shape index (κ1) is 12.4. The van der Waals surface area contributed by atoms with Crippen molar-refractivity contribution in [3.05, 3.63) is 59.7 Å². The molecule has 0 saturated carbocycles. The molecule has 0 radical (unpaired) electrons. The standard InChI is InChI=1S/C15H12F2O/c1-2-15(18)12-7-11(8-14(17)9-12)10-3-5-13(16)6-4-10/h3-9H,2H2,1H3. The monoisotopic (exact) mass is 246 g/mol. The molecule has 0 atom stereocenters. The van der Waals surface area contributed by atoms with Gasteiger partial charge in [-0.1, -0.05) is 19.1 Å². The number of carbonyl (C=O) groups is 1. The number of benzene rings is 2. The Morgan fingerprint density at radius 2 is 1.61 bits per heavy atom. The molecule has 0 aliphatic rings. The van der Waals surface area contributed by atoms with Crippen LogP contribution in [0.25, 0.3) is 11.1 Å². The van der Waals surface area contributed by atoms with Gasteiger partial charge in [-0.05, 0) is 41.5 Å². The van der Waals surface area contributed by atoms with E-state index in [-0.39, 0.29) is 11.6 Å². The number of halogens is 2. The molecular weight excluding hydrogens is 234 g/mol. The predicted octanol–water partition coefficient (Wildman–Crippen LogP) is 4.22. The molecule has 0 N–H and O–H groups in total. The topological polar surface area (TPSA) is 17.1 Å². The average molecular weight is 246 g/mol. The lowest BCUT2D eigenvalue weighted by atomic mass is 10.0. The Kier molecular flexibility index (Phi) is 3.51. The van der Waals surface area contributed by atoms with Gasteiger partial charge >= 0.3 is 0 Å². The van der Waals surface area contributed by atoms with E-state index in [4.69, 9.17) is 0 Å². The van der Waals surface area contributed by atoms with Crippen LogP contribution < -0.4 is 0 Å². The van der Waals surface area contributed by atoms with E-state index in [1.807, 2.05) is 0 Å². The molecular formula is C15H12F2O. The minimum absolute atomic E-state index is 0.113. The molecule has 0 aliphatic heterocycles. The van der Waals surface area contributed by atoms with Gasteiger partial charge in [0, 0.05) is 12.0 Å². The van der Waals surface area contributed by atoms with Gasteiger partial charge in [0.05, 0.1) is 0 Å². The summed E-state index contributed by atoms with van der Waals surface area (Å²) in [7, 11) is 0. The Hall–Kier alpha value is -2.03. The van der Waals surface area contributed by atoms with Crippen molar-refractivity contribution in [2.45, 2.75) is 13.3 Å². The maximum Gasteiger partial charge on any atom is 0.162 e. The second kappa shape index (κ2) is 5.08. The highest BCUT2D eigenvalue weighted by Crippen LogP contribution is 2.23. The average Bonchev–Trinajstić information content (AvgIpc) is 2.38. The Labute approximate surface area is 104 Å². The van der Waals surface area contributed by atoms with Crippen molar-refractivity contribution in [1.29, 1.82) is 0 Å². The number of Topliss-reactive ketones (excluding diaryl/α,β-unsaturated/α-hetero) is 1. The van der Waals surface area contributed by atoms with Crippen LogP contribution >= 0.6 is 0 Å². The Morgan fingerprint density at radius 1 is 0.944 bits per heavy atom. The number of rotatable bonds is 3. The summed E-state index contributed by atoms with van der Waals surface area (Å²) >= 11 is 0. The predicted molar refractivity (Wildman–Crippen MR) is 66.4 cm³/mol. The van der Waals surface area contributed by atoms with Crippen LogP contribution in [0.15, 0.2) is 42.5 Å². The van der Waals surface area contributed by atoms with Crippen molar-refractivity contribution >= 4 is 5.78 Å². The highest BCUT2D eigenvalue weighted by molar-refractivity contribution is 5.97. The summed E-state index contributed by atoms with van der Waals surface area (Å²) in [5.41, 5.74) is 1.60. The SMILES string of the molecule is CCC(=O)c1cc(F)cc(-c2ccc(F)cc2)c1. The molecule has 0 amide bonds. The number of hydrogen-bond donors (Lipinski definition) is 0. The van der Waals surface area contributed by atoms with Crippen LogP contribution in [0.4, 0.5) is 8.78 Å². The molecule has 18 heavy (non-hydrogen) atoms. The lowest BCUT2D eigenvalue weighted by Crippen LogP contribution is -1.98. The summed E-state index contributed by atoms with van der Waals surface area (Å²) in [5, 5.41) is 0. The Balaban J connectivity index is 2.48. The minimum atomic E-state index is -0.464. The molecule has 2 rings (SSSR count). The molecule has 0 aliphatic carbocycles. The zero-order valence-electron chi connectivity index (χ0n) is 9.91. The molecule has 0 aromatic heterocycles. The van der Waals surface area contributed by atoms with Gasteiger partial charge in [-0.3, -0.25) is 4.79 Å². The molecule has 0 saturated heterocycles. The van der Waals surface area contributed by atoms with E-state index in [0.717, 1.165) is 0 Å². The van der Waals surface area contributed by atoms with Crippen molar-refractivity contribution in [1.82, 2.24) is 0 Å². The molecule has 2 aromatic rings. The normalized spacial score (nSPS) is 10.4. The second-order valence-electron chi connectivity index (χ2n) is 4.01. The van der Waals surface area contributed by atoms with E-state index < -0.39 is 5.82 Å². The third kappa shape index (κ3) is 2.62. The van der Waals surface area contributed by atoms with Crippen LogP contribution in [-0.2, 0) is 0 Å². The Bertz CT molecular complexity index is 574. The lowest BCUT2D eigenvalue weighted by Gasteiger charge is -2.05. The molecule has 0 spiro atoms. The smallest absolute Gasteiger partial charge is 0.162 e. The van der Waals surface area contributed by atoms with E-state index in [9.17, 15) is 13.6 Å². The van der Waals surface area contributed by atoms with Crippen LogP contribution in [0.3, 0.4) is 0 Å². The van der Waals surface area contributed by atoms with Crippen molar-refractivity contribution in [2.24, 2.45) is 0 Å². The molecule has 1 nitrogen and oxygen atoms in total. The van der Waals surface area contributed by atoms with Gasteiger partial charge in [0.25, 0.3) is 0 Å². The van der Waals surface area contributed by atoms with E-state index in [2.05, 4.69) is 0 Å². The molecule has 92 valence electrons. The third-order valence-electron chi connectivity index (χ3n) is 2.72. The van der Waals surface area contributed by atoms with Gasteiger partial charge in [-0.15, -0.1) is 0 Å². The maximum atomic E-state index is 13.5. The van der Waals surface area contributed by atoms with Gasteiger partial charge in [-0.2, -0.15) is 0 Å². The summed E-state index contributed by atoms with van der Waals surface area (Å²) in [6, 6.07) is 9.92. The van der Waals surface area contributed by atoms with E-state index in [1.54, 1.807) is 25.1 Å². The highest BCUT2D eigenvalue weighted by Gasteiger charge is 2.08. The van der Waals surface area contributed by atoms with Crippen LogP contribution in [0.2, 0.25) is 0 Å². The minimum Gasteiger partial charge on any atom is -0.294 e. The first-order chi connectivity index (χ1) is 8.60. The maximum absolute atomic E-state index is 13.5. The fraction of sp³-hybridized carbons (Fsp3) is 0.133. The second-order valence-corrected chi connectivity index (χ2v) is 4.01. The quantitative estimate of drug-likeness (QED) is 0.741. The van der Waals surface area contributed by atoms with E-state index in [1.165, 1.54) is 24.3 Å². The fourth-order valence-corrected chi connectivity index (χ4v) is 1.76. The van der Waals surface area contributed by atoms with Crippen molar-refractivity contribution in [2.75, 3.05) is 0 Å². The largest absolute Gasteiger partial charge is 0.294 e. The van der Waals surface area contributed by atoms with E-state index in [0.29, 0.717) is 23.1 Å². The van der Waals surface area contributed by atoms with Gasteiger partial charge < -0.3 is 0 Å². The van der Waals surface area contributed by atoms with Crippen LogP contribution in [0, 0.1) is 11.6 Å². The molecule has 0 heterocycles. The van der Waals surface area contributed by atoms with E-state index >= 15 is 0 Å². The van der Waals surface area contributed by atoms with Crippen molar-refractivity contribution in [3.63, 3.8) is 0 Å². The zero-order chi connectivity index (χ0) is 13.1. The first-order valence-electron chi connectivity index (χ1n) is 5.70. The molecule has 2 aromatic carbocycles. The summed E-state index contributed by atoms with van der Waals surface area (Å²) in [6.07, 6.45) is 0.326. The summed E-state index contributed by atoms with van der Waals surface area (Å²) in [6.45, 7) is 1.73. The summed E-state index contributed by atoms with van der Waals surface area (Å²) in [5.74, 6) is -0.925. The van der Waals surface area contributed by atoms with Gasteiger partial charge in [0.1, 0.15) is 11.6 Å². The van der Waals surface area contributed by atoms with Gasteiger partial charge in [0.15, 0.2) is 5.78 Å². The van der Waals surface area contributed by atoms with Crippen LogP contribution in [-0.4, -0.2) is 5.78 Å².